The van der Waals surface area contributed by atoms with Crippen molar-refractivity contribution in [1.29, 1.82) is 0 Å². The van der Waals surface area contributed by atoms with Crippen molar-refractivity contribution in [3.05, 3.63) is 11.1 Å². The zero-order chi connectivity index (χ0) is 12.8. The van der Waals surface area contributed by atoms with Gasteiger partial charge in [-0.15, -0.1) is 11.3 Å². The van der Waals surface area contributed by atoms with E-state index in [-0.39, 0.29) is 0 Å². The third-order valence-electron chi connectivity index (χ3n) is 2.16. The lowest BCUT2D eigenvalue weighted by molar-refractivity contribution is -0.138. The van der Waals surface area contributed by atoms with E-state index in [1.165, 1.54) is 11.3 Å². The molecule has 0 amide bonds. The van der Waals surface area contributed by atoms with Crippen LogP contribution in [0.15, 0.2) is 5.38 Å². The van der Waals surface area contributed by atoms with Crippen molar-refractivity contribution in [2.75, 3.05) is 32.5 Å². The molecule has 0 radical (unpaired) electrons. The van der Waals surface area contributed by atoms with Gasteiger partial charge in [-0.3, -0.25) is 4.79 Å². The summed E-state index contributed by atoms with van der Waals surface area (Å²) in [5, 5.41) is 14.3. The molecule has 0 saturated carbocycles. The minimum atomic E-state index is -1.06. The van der Waals surface area contributed by atoms with E-state index in [1.54, 1.807) is 5.38 Å². The topological polar surface area (TPSA) is 91.5 Å². The molecule has 1 rings (SSSR count). The summed E-state index contributed by atoms with van der Waals surface area (Å²) in [4.78, 5) is 16.9. The SMILES string of the molecule is CN(C)CCCNc1nc(C(N)C(=O)O)cs1. The Kier molecular flexibility index (Phi) is 5.33. The average molecular weight is 258 g/mol. The maximum absolute atomic E-state index is 10.7. The number of hydrogen-bond acceptors (Lipinski definition) is 6. The molecule has 1 aromatic heterocycles. The van der Waals surface area contributed by atoms with E-state index in [4.69, 9.17) is 10.8 Å². The number of aliphatic carboxylic acids is 1. The van der Waals surface area contributed by atoms with Crippen molar-refractivity contribution in [2.45, 2.75) is 12.5 Å². The monoisotopic (exact) mass is 258 g/mol. The third-order valence-corrected chi connectivity index (χ3v) is 2.98. The summed E-state index contributed by atoms with van der Waals surface area (Å²) in [6, 6.07) is -1.04. The van der Waals surface area contributed by atoms with Crippen molar-refractivity contribution in [1.82, 2.24) is 9.88 Å². The molecule has 0 aromatic carbocycles. The number of nitrogens with one attached hydrogen (secondary N) is 1. The molecule has 0 saturated heterocycles. The van der Waals surface area contributed by atoms with E-state index >= 15 is 0 Å². The first-order chi connectivity index (χ1) is 8.00. The van der Waals surface area contributed by atoms with Gasteiger partial charge in [0.2, 0.25) is 0 Å². The summed E-state index contributed by atoms with van der Waals surface area (Å²) in [7, 11) is 4.04. The van der Waals surface area contributed by atoms with Gasteiger partial charge >= 0.3 is 5.97 Å². The van der Waals surface area contributed by atoms with Crippen molar-refractivity contribution >= 4 is 22.4 Å². The van der Waals surface area contributed by atoms with Gasteiger partial charge in [-0.05, 0) is 27.1 Å². The third kappa shape index (κ3) is 4.68. The van der Waals surface area contributed by atoms with E-state index in [9.17, 15) is 4.79 Å². The van der Waals surface area contributed by atoms with Gasteiger partial charge in [0.05, 0.1) is 5.69 Å². The number of hydrogen-bond donors (Lipinski definition) is 3. The highest BCUT2D eigenvalue weighted by Gasteiger charge is 2.17. The Labute approximate surface area is 104 Å². The Bertz CT molecular complexity index is 367. The van der Waals surface area contributed by atoms with E-state index in [0.29, 0.717) is 5.69 Å². The van der Waals surface area contributed by atoms with Gasteiger partial charge in [-0.2, -0.15) is 0 Å². The molecular weight excluding hydrogens is 240 g/mol. The van der Waals surface area contributed by atoms with Crippen LogP contribution in [0.4, 0.5) is 5.13 Å². The van der Waals surface area contributed by atoms with E-state index in [2.05, 4.69) is 15.2 Å². The van der Waals surface area contributed by atoms with Gasteiger partial charge in [-0.1, -0.05) is 0 Å². The van der Waals surface area contributed by atoms with Gasteiger partial charge in [0.1, 0.15) is 6.04 Å². The summed E-state index contributed by atoms with van der Waals surface area (Å²) < 4.78 is 0. The highest BCUT2D eigenvalue weighted by atomic mass is 32.1. The zero-order valence-corrected chi connectivity index (χ0v) is 10.8. The number of rotatable bonds is 7. The first kappa shape index (κ1) is 13.9. The Morgan fingerprint density at radius 3 is 3.00 bits per heavy atom. The summed E-state index contributed by atoms with van der Waals surface area (Å²) in [5.41, 5.74) is 5.86. The molecule has 0 aliphatic rings. The van der Waals surface area contributed by atoms with Crippen molar-refractivity contribution in [2.24, 2.45) is 5.73 Å². The molecule has 0 fully saturated rings. The fourth-order valence-electron chi connectivity index (χ4n) is 1.23. The molecule has 0 aliphatic heterocycles. The van der Waals surface area contributed by atoms with Crippen LogP contribution in [-0.2, 0) is 4.79 Å². The van der Waals surface area contributed by atoms with Crippen LogP contribution in [0.5, 0.6) is 0 Å². The Morgan fingerprint density at radius 1 is 1.71 bits per heavy atom. The largest absolute Gasteiger partial charge is 0.480 e. The smallest absolute Gasteiger partial charge is 0.326 e. The minimum Gasteiger partial charge on any atom is -0.480 e. The Morgan fingerprint density at radius 2 is 2.41 bits per heavy atom. The Hall–Kier alpha value is -1.18. The summed E-state index contributed by atoms with van der Waals surface area (Å²) in [6.45, 7) is 1.81. The molecule has 7 heteroatoms. The normalized spacial score (nSPS) is 12.7. The van der Waals surface area contributed by atoms with E-state index < -0.39 is 12.0 Å². The number of carbonyl (C=O) groups is 1. The molecule has 1 aromatic rings. The number of thiazole rings is 1. The molecule has 0 spiro atoms. The highest BCUT2D eigenvalue weighted by Crippen LogP contribution is 2.19. The van der Waals surface area contributed by atoms with Gasteiger partial charge in [0.15, 0.2) is 5.13 Å². The molecule has 0 bridgehead atoms. The van der Waals surface area contributed by atoms with Crippen LogP contribution >= 0.6 is 11.3 Å². The van der Waals surface area contributed by atoms with Gasteiger partial charge in [0.25, 0.3) is 0 Å². The average Bonchev–Trinajstić information content (AvgIpc) is 2.71. The molecule has 17 heavy (non-hydrogen) atoms. The number of carboxylic acid groups (broad SMARTS) is 1. The van der Waals surface area contributed by atoms with Crippen LogP contribution in [0.25, 0.3) is 0 Å². The van der Waals surface area contributed by atoms with Gasteiger partial charge in [-0.25, -0.2) is 4.98 Å². The van der Waals surface area contributed by atoms with Crippen molar-refractivity contribution in [3.63, 3.8) is 0 Å². The maximum Gasteiger partial charge on any atom is 0.326 e. The lowest BCUT2D eigenvalue weighted by Crippen LogP contribution is -2.21. The second-order valence-electron chi connectivity index (χ2n) is 3.98. The van der Waals surface area contributed by atoms with Crippen molar-refractivity contribution < 1.29 is 9.90 Å². The molecule has 1 atom stereocenters. The molecule has 6 nitrogen and oxygen atoms in total. The predicted molar refractivity (Wildman–Crippen MR) is 68.3 cm³/mol. The molecule has 1 heterocycles. The highest BCUT2D eigenvalue weighted by molar-refractivity contribution is 7.13. The number of nitrogens with zero attached hydrogens (tertiary/aromatic N) is 2. The lowest BCUT2D eigenvalue weighted by atomic mass is 10.2. The van der Waals surface area contributed by atoms with E-state index in [0.717, 1.165) is 24.6 Å². The zero-order valence-electron chi connectivity index (χ0n) is 10.0. The van der Waals surface area contributed by atoms with Crippen LogP contribution in [0.1, 0.15) is 18.2 Å². The first-order valence-corrected chi connectivity index (χ1v) is 6.21. The minimum absolute atomic E-state index is 0.401. The molecular formula is C10H18N4O2S. The molecule has 4 N–H and O–H groups in total. The molecule has 96 valence electrons. The summed E-state index contributed by atoms with van der Waals surface area (Å²) >= 11 is 1.37. The summed E-state index contributed by atoms with van der Waals surface area (Å²) in [6.07, 6.45) is 1.01. The first-order valence-electron chi connectivity index (χ1n) is 5.33. The fourth-order valence-corrected chi connectivity index (χ4v) is 2.00. The van der Waals surface area contributed by atoms with Crippen LogP contribution < -0.4 is 11.1 Å². The lowest BCUT2D eigenvalue weighted by Gasteiger charge is -2.08. The van der Waals surface area contributed by atoms with Crippen molar-refractivity contribution in [3.8, 4) is 0 Å². The predicted octanol–water partition coefficient (Wildman–Crippen LogP) is 0.591. The quantitative estimate of drug-likeness (QED) is 0.620. The summed E-state index contributed by atoms with van der Waals surface area (Å²) in [5.74, 6) is -1.06. The number of aromatic nitrogens is 1. The van der Waals surface area contributed by atoms with Crippen LogP contribution in [-0.4, -0.2) is 48.1 Å². The van der Waals surface area contributed by atoms with Gasteiger partial charge < -0.3 is 21.1 Å². The second kappa shape index (κ2) is 6.53. The van der Waals surface area contributed by atoms with Crippen LogP contribution in [0, 0.1) is 0 Å². The fraction of sp³-hybridized carbons (Fsp3) is 0.600. The van der Waals surface area contributed by atoms with Crippen LogP contribution in [0.3, 0.4) is 0 Å². The molecule has 0 aliphatic carbocycles. The standard InChI is InChI=1S/C10H18N4O2S/c1-14(2)5-3-4-12-10-13-7(6-17-10)8(11)9(15)16/h6,8H,3-5,11H2,1-2H3,(H,12,13)(H,15,16). The maximum atomic E-state index is 10.7. The van der Waals surface area contributed by atoms with Crippen LogP contribution in [0.2, 0.25) is 0 Å². The number of anilines is 1. The number of carboxylic acids is 1. The Balaban J connectivity index is 2.38. The van der Waals surface area contributed by atoms with Gasteiger partial charge in [0, 0.05) is 11.9 Å². The molecule has 1 unspecified atom stereocenters. The number of nitrogens with two attached hydrogens (primary N) is 1. The van der Waals surface area contributed by atoms with E-state index in [1.807, 2.05) is 14.1 Å². The second-order valence-corrected chi connectivity index (χ2v) is 4.84.